The minimum atomic E-state index is -0.129. The summed E-state index contributed by atoms with van der Waals surface area (Å²) < 4.78 is 1.70. The quantitative estimate of drug-likeness (QED) is 0.915. The summed E-state index contributed by atoms with van der Waals surface area (Å²) in [4.78, 5) is 12.0. The van der Waals surface area contributed by atoms with Gasteiger partial charge in [0.25, 0.3) is 5.91 Å². The Hall–Kier alpha value is -2.10. The molecule has 4 heteroatoms. The van der Waals surface area contributed by atoms with Crippen LogP contribution in [0.15, 0.2) is 42.6 Å². The van der Waals surface area contributed by atoms with Crippen LogP contribution in [0.25, 0.3) is 5.69 Å². The van der Waals surface area contributed by atoms with E-state index in [2.05, 4.69) is 24.3 Å². The van der Waals surface area contributed by atoms with Crippen LogP contribution in [0.2, 0.25) is 0 Å². The number of benzene rings is 1. The predicted octanol–water partition coefficient (Wildman–Crippen LogP) is 2.65. The number of nitrogens with one attached hydrogen (secondary N) is 1. The van der Waals surface area contributed by atoms with Crippen molar-refractivity contribution in [3.8, 4) is 5.69 Å². The zero-order valence-corrected chi connectivity index (χ0v) is 11.5. The Labute approximate surface area is 113 Å². The molecule has 1 unspecified atom stereocenters. The molecule has 0 radical (unpaired) electrons. The zero-order chi connectivity index (χ0) is 13.8. The van der Waals surface area contributed by atoms with E-state index in [1.165, 1.54) is 0 Å². The molecule has 0 saturated carbocycles. The Bertz CT molecular complexity index is 546. The van der Waals surface area contributed by atoms with E-state index in [1.807, 2.05) is 37.3 Å². The molecule has 1 atom stereocenters. The van der Waals surface area contributed by atoms with Crippen LogP contribution in [-0.4, -0.2) is 21.7 Å². The van der Waals surface area contributed by atoms with Gasteiger partial charge in [-0.2, -0.15) is 5.10 Å². The lowest BCUT2D eigenvalue weighted by Crippen LogP contribution is -2.36. The molecule has 0 aliphatic carbocycles. The maximum Gasteiger partial charge on any atom is 0.272 e. The Morgan fingerprint density at radius 2 is 1.84 bits per heavy atom. The molecule has 1 N–H and O–H groups in total. The highest BCUT2D eigenvalue weighted by molar-refractivity contribution is 5.92. The fourth-order valence-corrected chi connectivity index (χ4v) is 1.62. The van der Waals surface area contributed by atoms with Gasteiger partial charge in [-0.15, -0.1) is 0 Å². The van der Waals surface area contributed by atoms with Gasteiger partial charge in [-0.1, -0.05) is 32.0 Å². The van der Waals surface area contributed by atoms with Crippen LogP contribution in [0.3, 0.4) is 0 Å². The van der Waals surface area contributed by atoms with Crippen molar-refractivity contribution in [1.29, 1.82) is 0 Å². The summed E-state index contributed by atoms with van der Waals surface area (Å²) in [6.45, 7) is 6.15. The maximum atomic E-state index is 12.0. The molecule has 2 rings (SSSR count). The second-order valence-electron chi connectivity index (χ2n) is 4.99. The minimum absolute atomic E-state index is 0.129. The molecule has 1 heterocycles. The highest BCUT2D eigenvalue weighted by Crippen LogP contribution is 2.07. The third-order valence-corrected chi connectivity index (χ3v) is 3.20. The summed E-state index contributed by atoms with van der Waals surface area (Å²) in [5.74, 6) is 0.274. The molecule has 0 aliphatic heterocycles. The number of para-hydroxylation sites is 1. The average Bonchev–Trinajstić information content (AvgIpc) is 2.89. The van der Waals surface area contributed by atoms with E-state index in [0.29, 0.717) is 11.6 Å². The monoisotopic (exact) mass is 257 g/mol. The first kappa shape index (κ1) is 13.3. The number of carbonyl (C=O) groups excluding carboxylic acids is 1. The fraction of sp³-hybridized carbons (Fsp3) is 0.333. The van der Waals surface area contributed by atoms with Crippen molar-refractivity contribution >= 4 is 5.91 Å². The van der Waals surface area contributed by atoms with Crippen LogP contribution in [0.4, 0.5) is 0 Å². The lowest BCUT2D eigenvalue weighted by molar-refractivity contribution is 0.0925. The van der Waals surface area contributed by atoms with Crippen molar-refractivity contribution in [1.82, 2.24) is 15.1 Å². The number of hydrogen-bond acceptors (Lipinski definition) is 2. The van der Waals surface area contributed by atoms with Gasteiger partial charge in [0.2, 0.25) is 0 Å². The van der Waals surface area contributed by atoms with E-state index in [4.69, 9.17) is 0 Å². The van der Waals surface area contributed by atoms with Crippen LogP contribution in [-0.2, 0) is 0 Å². The smallest absolute Gasteiger partial charge is 0.272 e. The number of amides is 1. The van der Waals surface area contributed by atoms with Gasteiger partial charge in [0.05, 0.1) is 5.69 Å². The zero-order valence-electron chi connectivity index (χ0n) is 11.5. The maximum absolute atomic E-state index is 12.0. The lowest BCUT2D eigenvalue weighted by atomic mass is 10.1. The molecule has 0 spiro atoms. The Balaban J connectivity index is 2.11. The van der Waals surface area contributed by atoms with E-state index >= 15 is 0 Å². The highest BCUT2D eigenvalue weighted by atomic mass is 16.2. The van der Waals surface area contributed by atoms with Crippen molar-refractivity contribution < 1.29 is 4.79 Å². The summed E-state index contributed by atoms with van der Waals surface area (Å²) in [6.07, 6.45) is 1.80. The SMILES string of the molecule is CC(C)C(C)NC(=O)c1ccn(-c2ccccc2)n1. The van der Waals surface area contributed by atoms with E-state index in [0.717, 1.165) is 5.69 Å². The van der Waals surface area contributed by atoms with Gasteiger partial charge in [-0.05, 0) is 31.0 Å². The molecule has 1 amide bonds. The van der Waals surface area contributed by atoms with Gasteiger partial charge < -0.3 is 5.32 Å². The molecule has 1 aromatic heterocycles. The van der Waals surface area contributed by atoms with Crippen molar-refractivity contribution in [2.45, 2.75) is 26.8 Å². The van der Waals surface area contributed by atoms with Gasteiger partial charge in [-0.3, -0.25) is 4.79 Å². The summed E-state index contributed by atoms with van der Waals surface area (Å²) in [6, 6.07) is 11.6. The standard InChI is InChI=1S/C15H19N3O/c1-11(2)12(3)16-15(19)14-9-10-18(17-14)13-7-5-4-6-8-13/h4-12H,1-3H3,(H,16,19). The van der Waals surface area contributed by atoms with Crippen LogP contribution >= 0.6 is 0 Å². The first-order valence-electron chi connectivity index (χ1n) is 6.50. The van der Waals surface area contributed by atoms with Crippen molar-refractivity contribution in [3.63, 3.8) is 0 Å². The third-order valence-electron chi connectivity index (χ3n) is 3.20. The normalized spacial score (nSPS) is 12.4. The molecule has 4 nitrogen and oxygen atoms in total. The summed E-state index contributed by atoms with van der Waals surface area (Å²) >= 11 is 0. The molecule has 0 bridgehead atoms. The molecule has 0 saturated heterocycles. The number of nitrogens with zero attached hydrogens (tertiary/aromatic N) is 2. The van der Waals surface area contributed by atoms with Crippen molar-refractivity contribution in [3.05, 3.63) is 48.3 Å². The third kappa shape index (κ3) is 3.22. The van der Waals surface area contributed by atoms with Gasteiger partial charge in [-0.25, -0.2) is 4.68 Å². The summed E-state index contributed by atoms with van der Waals surface area (Å²) in [5, 5.41) is 7.24. The molecular formula is C15H19N3O. The average molecular weight is 257 g/mol. The molecule has 0 fully saturated rings. The van der Waals surface area contributed by atoms with Crippen LogP contribution < -0.4 is 5.32 Å². The van der Waals surface area contributed by atoms with E-state index in [9.17, 15) is 4.79 Å². The molecule has 100 valence electrons. The van der Waals surface area contributed by atoms with Gasteiger partial charge >= 0.3 is 0 Å². The number of hydrogen-bond donors (Lipinski definition) is 1. The molecular weight excluding hydrogens is 238 g/mol. The molecule has 1 aromatic carbocycles. The van der Waals surface area contributed by atoms with E-state index < -0.39 is 0 Å². The molecule has 0 aliphatic rings. The number of rotatable bonds is 4. The van der Waals surface area contributed by atoms with Crippen LogP contribution in [0, 0.1) is 5.92 Å². The van der Waals surface area contributed by atoms with Gasteiger partial charge in [0.15, 0.2) is 5.69 Å². The van der Waals surface area contributed by atoms with Crippen LogP contribution in [0.5, 0.6) is 0 Å². The van der Waals surface area contributed by atoms with Crippen LogP contribution in [0.1, 0.15) is 31.3 Å². The van der Waals surface area contributed by atoms with Gasteiger partial charge in [0.1, 0.15) is 0 Å². The first-order chi connectivity index (χ1) is 9.08. The highest BCUT2D eigenvalue weighted by Gasteiger charge is 2.14. The largest absolute Gasteiger partial charge is 0.348 e. The Morgan fingerprint density at radius 3 is 2.47 bits per heavy atom. The lowest BCUT2D eigenvalue weighted by Gasteiger charge is -2.16. The van der Waals surface area contributed by atoms with Crippen molar-refractivity contribution in [2.24, 2.45) is 5.92 Å². The number of aromatic nitrogens is 2. The second-order valence-corrected chi connectivity index (χ2v) is 4.99. The Morgan fingerprint density at radius 1 is 1.16 bits per heavy atom. The first-order valence-corrected chi connectivity index (χ1v) is 6.50. The van der Waals surface area contributed by atoms with Crippen molar-refractivity contribution in [2.75, 3.05) is 0 Å². The van der Waals surface area contributed by atoms with E-state index in [-0.39, 0.29) is 11.9 Å². The molecule has 2 aromatic rings. The number of carbonyl (C=O) groups is 1. The fourth-order valence-electron chi connectivity index (χ4n) is 1.62. The summed E-state index contributed by atoms with van der Waals surface area (Å²) in [7, 11) is 0. The van der Waals surface area contributed by atoms with Gasteiger partial charge in [0, 0.05) is 12.2 Å². The topological polar surface area (TPSA) is 46.9 Å². The minimum Gasteiger partial charge on any atom is -0.348 e. The Kier molecular flexibility index (Phi) is 4.00. The summed E-state index contributed by atoms with van der Waals surface area (Å²) in [5.41, 5.74) is 1.38. The molecule has 19 heavy (non-hydrogen) atoms. The second kappa shape index (κ2) is 5.69. The predicted molar refractivity (Wildman–Crippen MR) is 75.3 cm³/mol. The van der Waals surface area contributed by atoms with E-state index in [1.54, 1.807) is 16.9 Å².